The van der Waals surface area contributed by atoms with E-state index >= 15 is 0 Å². The van der Waals surface area contributed by atoms with E-state index in [1.165, 1.54) is 7.11 Å². The fourth-order valence-corrected chi connectivity index (χ4v) is 2.60. The Bertz CT molecular complexity index is 728. The number of nitrogens with one attached hydrogen (secondary N) is 1. The Balaban J connectivity index is 0.000000436. The summed E-state index contributed by atoms with van der Waals surface area (Å²) in [6.45, 7) is 1.95. The summed E-state index contributed by atoms with van der Waals surface area (Å²) in [5.41, 5.74) is 7.85. The maximum Gasteiger partial charge on any atom is 0.315 e. The third-order valence-corrected chi connectivity index (χ3v) is 4.29. The van der Waals surface area contributed by atoms with E-state index in [2.05, 4.69) is 25.3 Å². The summed E-state index contributed by atoms with van der Waals surface area (Å²) in [6, 6.07) is 2.15. The summed E-state index contributed by atoms with van der Waals surface area (Å²) in [7, 11) is 3.32. The van der Waals surface area contributed by atoms with Gasteiger partial charge in [0.15, 0.2) is 0 Å². The molecule has 0 saturated carbocycles. The van der Waals surface area contributed by atoms with Crippen LogP contribution in [0.15, 0.2) is 18.5 Å². The van der Waals surface area contributed by atoms with Gasteiger partial charge in [-0.25, -0.2) is 15.0 Å². The quantitative estimate of drug-likeness (QED) is 0.482. The van der Waals surface area contributed by atoms with Gasteiger partial charge >= 0.3 is 12.0 Å². The first-order valence-electron chi connectivity index (χ1n) is 9.81. The molecule has 0 aromatic carbocycles. The average Bonchev–Trinajstić information content (AvgIpc) is 2.73. The molecule has 0 unspecified atom stereocenters. The molecule has 2 rings (SSSR count). The molecule has 0 fully saturated rings. The zero-order chi connectivity index (χ0) is 21.5. The van der Waals surface area contributed by atoms with Gasteiger partial charge in [0.25, 0.3) is 0 Å². The van der Waals surface area contributed by atoms with Crippen LogP contribution in [0.2, 0.25) is 0 Å². The molecule has 2 heterocycles. The van der Waals surface area contributed by atoms with Crippen molar-refractivity contribution in [1.82, 2.24) is 19.9 Å². The molecule has 0 bridgehead atoms. The van der Waals surface area contributed by atoms with Crippen LogP contribution in [0.5, 0.6) is 6.01 Å². The largest absolute Gasteiger partial charge is 0.481 e. The predicted octanol–water partition coefficient (Wildman–Crippen LogP) is 3.25. The van der Waals surface area contributed by atoms with E-state index in [4.69, 9.17) is 15.6 Å². The Labute approximate surface area is 172 Å². The average molecular weight is 405 g/mol. The molecule has 9 nitrogen and oxygen atoms in total. The Morgan fingerprint density at radius 3 is 2.28 bits per heavy atom. The molecule has 160 valence electrons. The number of rotatable bonds is 11. The number of anilines is 2. The number of aromatic nitrogens is 4. The van der Waals surface area contributed by atoms with Crippen LogP contribution in [-0.4, -0.2) is 45.2 Å². The summed E-state index contributed by atoms with van der Waals surface area (Å²) in [6.07, 6.45) is 10.7. The van der Waals surface area contributed by atoms with Crippen LogP contribution in [0.4, 0.5) is 11.8 Å². The SMILES string of the molecule is CNc1nc(N)c(C)c(CCCCCCCCC(=O)O)n1.COc1ncccn1. The van der Waals surface area contributed by atoms with E-state index < -0.39 is 5.97 Å². The maximum absolute atomic E-state index is 10.4. The van der Waals surface area contributed by atoms with Gasteiger partial charge in [-0.3, -0.25) is 4.79 Å². The molecule has 0 aliphatic rings. The number of nitrogens with two attached hydrogens (primary N) is 1. The Hall–Kier alpha value is -2.97. The number of unbranched alkanes of at least 4 members (excludes halogenated alkanes) is 5. The second-order valence-electron chi connectivity index (χ2n) is 6.50. The summed E-state index contributed by atoms with van der Waals surface area (Å²) < 4.78 is 4.69. The lowest BCUT2D eigenvalue weighted by Crippen LogP contribution is -2.07. The monoisotopic (exact) mass is 404 g/mol. The van der Waals surface area contributed by atoms with Crippen molar-refractivity contribution in [2.24, 2.45) is 0 Å². The minimum atomic E-state index is -0.702. The fraction of sp³-hybridized carbons (Fsp3) is 0.550. The molecular weight excluding hydrogens is 372 g/mol. The van der Waals surface area contributed by atoms with E-state index in [9.17, 15) is 4.79 Å². The Kier molecular flexibility index (Phi) is 11.7. The lowest BCUT2D eigenvalue weighted by Gasteiger charge is -2.09. The van der Waals surface area contributed by atoms with Gasteiger partial charge in [0.1, 0.15) is 5.82 Å². The van der Waals surface area contributed by atoms with E-state index in [0.29, 0.717) is 17.8 Å². The van der Waals surface area contributed by atoms with Gasteiger partial charge in [-0.15, -0.1) is 0 Å². The van der Waals surface area contributed by atoms with Gasteiger partial charge in [-0.2, -0.15) is 4.98 Å². The lowest BCUT2D eigenvalue weighted by atomic mass is 10.1. The Morgan fingerprint density at radius 2 is 1.72 bits per heavy atom. The molecule has 0 amide bonds. The molecule has 0 aliphatic heterocycles. The highest BCUT2D eigenvalue weighted by Gasteiger charge is 2.07. The van der Waals surface area contributed by atoms with Gasteiger partial charge in [0.2, 0.25) is 5.95 Å². The number of hydrogen-bond donors (Lipinski definition) is 3. The van der Waals surface area contributed by atoms with Crippen LogP contribution in [0.3, 0.4) is 0 Å². The number of carbonyl (C=O) groups is 1. The van der Waals surface area contributed by atoms with Gasteiger partial charge in [0.05, 0.1) is 12.8 Å². The molecular formula is C20H32N6O3. The van der Waals surface area contributed by atoms with Crippen LogP contribution < -0.4 is 15.8 Å². The minimum absolute atomic E-state index is 0.284. The van der Waals surface area contributed by atoms with Crippen molar-refractivity contribution in [3.05, 3.63) is 29.7 Å². The summed E-state index contributed by atoms with van der Waals surface area (Å²) in [4.78, 5) is 26.5. The third kappa shape index (κ3) is 10.2. The van der Waals surface area contributed by atoms with Crippen molar-refractivity contribution < 1.29 is 14.6 Å². The third-order valence-electron chi connectivity index (χ3n) is 4.29. The van der Waals surface area contributed by atoms with Crippen LogP contribution in [-0.2, 0) is 11.2 Å². The molecule has 0 spiro atoms. The fourth-order valence-electron chi connectivity index (χ4n) is 2.60. The molecule has 29 heavy (non-hydrogen) atoms. The second kappa shape index (κ2) is 14.1. The minimum Gasteiger partial charge on any atom is -0.481 e. The van der Waals surface area contributed by atoms with E-state index in [0.717, 1.165) is 56.2 Å². The molecule has 2 aromatic heterocycles. The van der Waals surface area contributed by atoms with Gasteiger partial charge in [0, 0.05) is 31.4 Å². The highest BCUT2D eigenvalue weighted by molar-refractivity contribution is 5.66. The standard InChI is InChI=1S/C15H26N4O2.C5H6N2O/c1-11-12(18-15(17-2)19-14(11)16)9-7-5-3-4-6-8-10-13(20)21;1-8-5-6-3-2-4-7-5/h3-10H2,1-2H3,(H,20,21)(H3,16,17,18,19);2-4H,1H3. The number of nitrogen functional groups attached to an aromatic ring is 1. The highest BCUT2D eigenvalue weighted by atomic mass is 16.5. The summed E-state index contributed by atoms with van der Waals surface area (Å²) in [5, 5.41) is 11.5. The molecule has 0 aliphatic carbocycles. The summed E-state index contributed by atoms with van der Waals surface area (Å²) in [5.74, 6) is 0.409. The van der Waals surface area contributed by atoms with Crippen LogP contribution in [0, 0.1) is 6.92 Å². The van der Waals surface area contributed by atoms with E-state index in [1.54, 1.807) is 25.5 Å². The first kappa shape index (κ1) is 24.1. The van der Waals surface area contributed by atoms with Crippen LogP contribution in [0.1, 0.15) is 56.2 Å². The van der Waals surface area contributed by atoms with E-state index in [-0.39, 0.29) is 6.42 Å². The van der Waals surface area contributed by atoms with E-state index in [1.807, 2.05) is 6.92 Å². The smallest absolute Gasteiger partial charge is 0.315 e. The first-order chi connectivity index (χ1) is 14.0. The Morgan fingerprint density at radius 1 is 1.10 bits per heavy atom. The topological polar surface area (TPSA) is 136 Å². The molecule has 0 saturated heterocycles. The molecule has 0 atom stereocenters. The van der Waals surface area contributed by atoms with Crippen LogP contribution >= 0.6 is 0 Å². The van der Waals surface area contributed by atoms with Crippen molar-refractivity contribution >= 4 is 17.7 Å². The van der Waals surface area contributed by atoms with Crippen LogP contribution in [0.25, 0.3) is 0 Å². The maximum atomic E-state index is 10.4. The second-order valence-corrected chi connectivity index (χ2v) is 6.50. The van der Waals surface area contributed by atoms with Gasteiger partial charge < -0.3 is 20.9 Å². The first-order valence-corrected chi connectivity index (χ1v) is 9.81. The number of methoxy groups -OCH3 is 1. The number of nitrogens with zero attached hydrogens (tertiary/aromatic N) is 4. The van der Waals surface area contributed by atoms with Crippen molar-refractivity contribution in [1.29, 1.82) is 0 Å². The van der Waals surface area contributed by atoms with Crippen molar-refractivity contribution in [3.8, 4) is 6.01 Å². The molecule has 0 radical (unpaired) electrons. The molecule has 4 N–H and O–H groups in total. The molecule has 9 heteroatoms. The number of ether oxygens (including phenoxy) is 1. The highest BCUT2D eigenvalue weighted by Crippen LogP contribution is 2.17. The lowest BCUT2D eigenvalue weighted by molar-refractivity contribution is -0.137. The normalized spacial score (nSPS) is 10.0. The van der Waals surface area contributed by atoms with Gasteiger partial charge in [-0.1, -0.05) is 25.7 Å². The number of aliphatic carboxylic acids is 1. The number of carboxylic acid groups (broad SMARTS) is 1. The van der Waals surface area contributed by atoms with Crippen molar-refractivity contribution in [2.75, 3.05) is 25.2 Å². The number of carboxylic acids is 1. The summed E-state index contributed by atoms with van der Waals surface area (Å²) >= 11 is 0. The zero-order valence-electron chi connectivity index (χ0n) is 17.5. The number of aryl methyl sites for hydroxylation is 1. The van der Waals surface area contributed by atoms with Gasteiger partial charge in [-0.05, 0) is 32.3 Å². The van der Waals surface area contributed by atoms with Crippen molar-refractivity contribution in [3.63, 3.8) is 0 Å². The predicted molar refractivity (Wildman–Crippen MR) is 113 cm³/mol. The van der Waals surface area contributed by atoms with Crippen molar-refractivity contribution in [2.45, 2.75) is 58.3 Å². The zero-order valence-corrected chi connectivity index (χ0v) is 17.5. The number of hydrogen-bond acceptors (Lipinski definition) is 8. The molecule has 2 aromatic rings.